The Balaban J connectivity index is 2.42. The molecule has 1 saturated heterocycles. The Kier molecular flexibility index (Phi) is 5.48. The maximum atomic E-state index is 12.9. The summed E-state index contributed by atoms with van der Waals surface area (Å²) in [5.41, 5.74) is 0. The molecule has 2 rings (SSSR count). The van der Waals surface area contributed by atoms with E-state index in [0.717, 1.165) is 19.4 Å². The first kappa shape index (κ1) is 16.2. The van der Waals surface area contributed by atoms with E-state index in [1.54, 1.807) is 22.5 Å². The molecule has 0 saturated carbocycles. The maximum Gasteiger partial charge on any atom is 0.244 e. The van der Waals surface area contributed by atoms with Crippen molar-refractivity contribution >= 4 is 37.6 Å². The van der Waals surface area contributed by atoms with E-state index in [0.29, 0.717) is 17.6 Å². The van der Waals surface area contributed by atoms with Crippen molar-refractivity contribution in [2.75, 3.05) is 19.6 Å². The van der Waals surface area contributed by atoms with Gasteiger partial charge in [-0.2, -0.15) is 4.31 Å². The zero-order valence-electron chi connectivity index (χ0n) is 11.3. The summed E-state index contributed by atoms with van der Waals surface area (Å²) in [6.07, 6.45) is 1.62. The molecule has 1 aromatic carbocycles. The Hall–Kier alpha value is -0.140. The molecule has 1 heterocycles. The third kappa shape index (κ3) is 3.20. The van der Waals surface area contributed by atoms with E-state index in [1.807, 2.05) is 6.92 Å². The summed E-state index contributed by atoms with van der Waals surface area (Å²) in [4.78, 5) is 0.175. The van der Waals surface area contributed by atoms with Crippen molar-refractivity contribution in [2.45, 2.75) is 30.7 Å². The number of sulfonamides is 1. The van der Waals surface area contributed by atoms with Gasteiger partial charge >= 0.3 is 0 Å². The predicted octanol–water partition coefficient (Wildman–Crippen LogP) is 2.87. The lowest BCUT2D eigenvalue weighted by Gasteiger charge is -2.27. The lowest BCUT2D eigenvalue weighted by Crippen LogP contribution is -2.42. The summed E-state index contributed by atoms with van der Waals surface area (Å²) in [7, 11) is -3.57. The molecule has 0 aromatic heterocycles. The number of benzene rings is 1. The molecular formula is C13H18BrClN2O2S. The minimum Gasteiger partial charge on any atom is -0.315 e. The molecule has 7 heteroatoms. The van der Waals surface area contributed by atoms with Crippen LogP contribution in [0.2, 0.25) is 5.02 Å². The summed E-state index contributed by atoms with van der Waals surface area (Å²) in [6, 6.07) is 5.01. The van der Waals surface area contributed by atoms with Gasteiger partial charge in [0.15, 0.2) is 0 Å². The molecule has 1 aromatic rings. The lowest BCUT2D eigenvalue weighted by molar-refractivity contribution is 0.335. The highest BCUT2D eigenvalue weighted by molar-refractivity contribution is 9.10. The zero-order valence-corrected chi connectivity index (χ0v) is 14.4. The van der Waals surface area contributed by atoms with E-state index in [1.165, 1.54) is 0 Å². The van der Waals surface area contributed by atoms with Crippen LogP contribution in [0.1, 0.15) is 19.8 Å². The van der Waals surface area contributed by atoms with Crippen LogP contribution in [0.4, 0.5) is 0 Å². The van der Waals surface area contributed by atoms with Crippen molar-refractivity contribution in [2.24, 2.45) is 0 Å². The molecule has 0 radical (unpaired) electrons. The third-order valence-corrected chi connectivity index (χ3v) is 6.79. The maximum absolute atomic E-state index is 12.9. The molecule has 1 aliphatic rings. The van der Waals surface area contributed by atoms with E-state index in [-0.39, 0.29) is 16.0 Å². The van der Waals surface area contributed by atoms with Crippen LogP contribution in [-0.4, -0.2) is 38.4 Å². The molecule has 0 bridgehead atoms. The van der Waals surface area contributed by atoms with Gasteiger partial charge in [-0.05, 0) is 47.4 Å². The fraction of sp³-hybridized carbons (Fsp3) is 0.538. The molecule has 1 atom stereocenters. The zero-order chi connectivity index (χ0) is 14.8. The Morgan fingerprint density at radius 1 is 1.50 bits per heavy atom. The molecule has 0 spiro atoms. The molecule has 0 aliphatic carbocycles. The first-order valence-electron chi connectivity index (χ1n) is 6.65. The summed E-state index contributed by atoms with van der Waals surface area (Å²) in [6.45, 7) is 4.04. The average Bonchev–Trinajstić information content (AvgIpc) is 2.92. The van der Waals surface area contributed by atoms with E-state index in [4.69, 9.17) is 11.6 Å². The first-order valence-corrected chi connectivity index (χ1v) is 9.26. The van der Waals surface area contributed by atoms with Crippen molar-refractivity contribution in [1.29, 1.82) is 0 Å². The highest BCUT2D eigenvalue weighted by Crippen LogP contribution is 2.32. The van der Waals surface area contributed by atoms with Gasteiger partial charge in [0.1, 0.15) is 4.90 Å². The lowest BCUT2D eigenvalue weighted by atomic mass is 10.2. The first-order chi connectivity index (χ1) is 9.48. The molecule has 1 unspecified atom stereocenters. The van der Waals surface area contributed by atoms with Crippen molar-refractivity contribution in [3.63, 3.8) is 0 Å². The highest BCUT2D eigenvalue weighted by Gasteiger charge is 2.34. The average molecular weight is 382 g/mol. The predicted molar refractivity (Wildman–Crippen MR) is 84.6 cm³/mol. The quantitative estimate of drug-likeness (QED) is 0.853. The van der Waals surface area contributed by atoms with E-state index in [2.05, 4.69) is 21.2 Å². The molecule has 20 heavy (non-hydrogen) atoms. The normalized spacial score (nSPS) is 19.7. The Morgan fingerprint density at radius 2 is 2.25 bits per heavy atom. The Morgan fingerprint density at radius 3 is 2.85 bits per heavy atom. The standard InChI is InChI=1S/C13H18BrClN2O2S/c1-2-8-17(10-6-7-16-9-10)20(18,19)12-5-3-4-11(14)13(12)15/h3-5,10,16H,2,6-9H2,1H3. The fourth-order valence-electron chi connectivity index (χ4n) is 2.41. The molecular weight excluding hydrogens is 364 g/mol. The second-order valence-electron chi connectivity index (χ2n) is 4.81. The number of hydrogen-bond donors (Lipinski definition) is 1. The topological polar surface area (TPSA) is 49.4 Å². The summed E-state index contributed by atoms with van der Waals surface area (Å²) in [5, 5.41) is 3.46. The van der Waals surface area contributed by atoms with Crippen LogP contribution in [0.25, 0.3) is 0 Å². The third-order valence-electron chi connectivity index (χ3n) is 3.39. The summed E-state index contributed by atoms with van der Waals surface area (Å²) < 4.78 is 27.9. The van der Waals surface area contributed by atoms with E-state index >= 15 is 0 Å². The van der Waals surface area contributed by atoms with Crippen molar-refractivity contribution < 1.29 is 8.42 Å². The van der Waals surface area contributed by atoms with Crippen LogP contribution < -0.4 is 5.32 Å². The number of hydrogen-bond acceptors (Lipinski definition) is 3. The largest absolute Gasteiger partial charge is 0.315 e. The molecule has 1 fully saturated rings. The molecule has 1 N–H and O–H groups in total. The van der Waals surface area contributed by atoms with Crippen LogP contribution in [0.15, 0.2) is 27.6 Å². The number of nitrogens with zero attached hydrogens (tertiary/aromatic N) is 1. The van der Waals surface area contributed by atoms with Crippen LogP contribution in [0.5, 0.6) is 0 Å². The van der Waals surface area contributed by atoms with Crippen LogP contribution in [0.3, 0.4) is 0 Å². The van der Waals surface area contributed by atoms with Gasteiger partial charge in [-0.15, -0.1) is 0 Å². The van der Waals surface area contributed by atoms with E-state index < -0.39 is 10.0 Å². The van der Waals surface area contributed by atoms with Gasteiger partial charge in [-0.3, -0.25) is 0 Å². The van der Waals surface area contributed by atoms with Crippen molar-refractivity contribution in [3.8, 4) is 0 Å². The van der Waals surface area contributed by atoms with Gasteiger partial charge < -0.3 is 5.32 Å². The summed E-state index contributed by atoms with van der Waals surface area (Å²) in [5.74, 6) is 0. The smallest absolute Gasteiger partial charge is 0.244 e. The van der Waals surface area contributed by atoms with Gasteiger partial charge in [-0.25, -0.2) is 8.42 Å². The van der Waals surface area contributed by atoms with Gasteiger partial charge in [0.2, 0.25) is 10.0 Å². The van der Waals surface area contributed by atoms with E-state index in [9.17, 15) is 8.42 Å². The van der Waals surface area contributed by atoms with Crippen LogP contribution >= 0.6 is 27.5 Å². The number of rotatable bonds is 5. The minimum atomic E-state index is -3.57. The SMILES string of the molecule is CCCN(C1CCNC1)S(=O)(=O)c1cccc(Br)c1Cl. The Bertz CT molecular complexity index is 574. The van der Waals surface area contributed by atoms with Gasteiger partial charge in [0.05, 0.1) is 5.02 Å². The van der Waals surface area contributed by atoms with Crippen molar-refractivity contribution in [1.82, 2.24) is 9.62 Å². The fourth-order valence-corrected chi connectivity index (χ4v) is 5.17. The number of halogens is 2. The second kappa shape index (κ2) is 6.75. The van der Waals surface area contributed by atoms with Crippen LogP contribution in [0, 0.1) is 0 Å². The van der Waals surface area contributed by atoms with Gasteiger partial charge in [0.25, 0.3) is 0 Å². The molecule has 0 amide bonds. The van der Waals surface area contributed by atoms with Crippen molar-refractivity contribution in [3.05, 3.63) is 27.7 Å². The monoisotopic (exact) mass is 380 g/mol. The highest BCUT2D eigenvalue weighted by atomic mass is 79.9. The van der Waals surface area contributed by atoms with Gasteiger partial charge in [0, 0.05) is 23.6 Å². The van der Waals surface area contributed by atoms with Gasteiger partial charge in [-0.1, -0.05) is 24.6 Å². The molecule has 4 nitrogen and oxygen atoms in total. The molecule has 112 valence electrons. The minimum absolute atomic E-state index is 0.00926. The second-order valence-corrected chi connectivity index (χ2v) is 7.91. The summed E-state index contributed by atoms with van der Waals surface area (Å²) >= 11 is 9.44. The Labute approximate surface area is 133 Å². The number of nitrogens with one attached hydrogen (secondary N) is 1. The van der Waals surface area contributed by atoms with Crippen LogP contribution in [-0.2, 0) is 10.0 Å². The molecule has 1 aliphatic heterocycles.